The molecule has 2 aromatic heterocycles. The van der Waals surface area contributed by atoms with Crippen molar-refractivity contribution in [2.75, 3.05) is 53.1 Å². The van der Waals surface area contributed by atoms with Crippen LogP contribution >= 0.6 is 0 Å². The lowest BCUT2D eigenvalue weighted by Gasteiger charge is -2.35. The van der Waals surface area contributed by atoms with Crippen molar-refractivity contribution >= 4 is 27.3 Å². The molecule has 1 aromatic carbocycles. The maximum absolute atomic E-state index is 13.7. The number of nitrogens with one attached hydrogen (secondary N) is 1. The molecular weight excluding hydrogens is 566 g/mol. The Balaban J connectivity index is 1.34. The summed E-state index contributed by atoms with van der Waals surface area (Å²) in [4.78, 5) is 13.3. The predicted octanol–water partition coefficient (Wildman–Crippen LogP) is 3.69. The van der Waals surface area contributed by atoms with Gasteiger partial charge in [-0.05, 0) is 69.2 Å². The van der Waals surface area contributed by atoms with Crippen LogP contribution in [0.4, 0.5) is 26.1 Å². The standard InChI is InChI=1S/C28H36F2N8O3S/c1-19-17-22(32-26(31-19)37-13-9-28(29,30)10-14-37)25-20(2)38(35-33-25)23-4-3-21(34-42(40,41)16-15-39)18-24(23)36-11-7-27(5-6-27)8-12-36/h3-4,17-18,34,39H,5-16H2,1-2H3. The first-order valence-electron chi connectivity index (χ1n) is 14.4. The number of aromatic nitrogens is 5. The van der Waals surface area contributed by atoms with Gasteiger partial charge in [-0.1, -0.05) is 5.21 Å². The molecule has 14 heteroatoms. The van der Waals surface area contributed by atoms with Gasteiger partial charge < -0.3 is 14.9 Å². The number of halogens is 2. The highest BCUT2D eigenvalue weighted by atomic mass is 32.2. The molecule has 2 aliphatic heterocycles. The molecule has 4 heterocycles. The number of piperidine rings is 2. The Morgan fingerprint density at radius 1 is 0.929 bits per heavy atom. The average Bonchev–Trinajstić information content (AvgIpc) is 3.58. The molecule has 3 aliphatic rings. The van der Waals surface area contributed by atoms with E-state index in [0.717, 1.165) is 43.0 Å². The van der Waals surface area contributed by atoms with Crippen LogP contribution in [0, 0.1) is 19.3 Å². The van der Waals surface area contributed by atoms with Crippen LogP contribution in [-0.4, -0.2) is 82.9 Å². The molecule has 2 saturated heterocycles. The fourth-order valence-electron chi connectivity index (χ4n) is 5.91. The zero-order valence-corrected chi connectivity index (χ0v) is 24.7. The number of nitrogens with zero attached hydrogens (tertiary/aromatic N) is 7. The van der Waals surface area contributed by atoms with Crippen LogP contribution < -0.4 is 14.5 Å². The molecule has 0 radical (unpaired) electrons. The minimum Gasteiger partial charge on any atom is -0.395 e. The molecule has 6 rings (SSSR count). The maximum Gasteiger partial charge on any atom is 0.251 e. The monoisotopic (exact) mass is 602 g/mol. The van der Waals surface area contributed by atoms with Gasteiger partial charge in [-0.15, -0.1) is 5.10 Å². The van der Waals surface area contributed by atoms with Gasteiger partial charge in [0.2, 0.25) is 16.0 Å². The Hall–Kier alpha value is -3.39. The second-order valence-electron chi connectivity index (χ2n) is 11.8. The molecule has 2 N–H and O–H groups in total. The smallest absolute Gasteiger partial charge is 0.251 e. The van der Waals surface area contributed by atoms with E-state index in [4.69, 9.17) is 10.1 Å². The molecule has 1 spiro atoms. The number of hydrogen-bond donors (Lipinski definition) is 2. The van der Waals surface area contributed by atoms with Crippen molar-refractivity contribution in [3.63, 3.8) is 0 Å². The Labute approximate surface area is 244 Å². The van der Waals surface area contributed by atoms with Gasteiger partial charge in [-0.25, -0.2) is 31.8 Å². The first kappa shape index (κ1) is 28.7. The number of aryl methyl sites for hydroxylation is 1. The van der Waals surface area contributed by atoms with Gasteiger partial charge in [-0.3, -0.25) is 4.72 Å². The summed E-state index contributed by atoms with van der Waals surface area (Å²) in [6.45, 7) is 5.32. The van der Waals surface area contributed by atoms with Gasteiger partial charge in [-0.2, -0.15) is 0 Å². The SMILES string of the molecule is Cc1cc(-c2nnn(-c3ccc(NS(=O)(=O)CCO)cc3N3CCC4(CC3)CC4)c2C)nc(N2CCC(F)(F)CC2)n1. The topological polar surface area (TPSA) is 129 Å². The summed E-state index contributed by atoms with van der Waals surface area (Å²) >= 11 is 0. The molecule has 0 bridgehead atoms. The number of alkyl halides is 2. The normalized spacial score (nSPS) is 19.7. The molecule has 0 unspecified atom stereocenters. The molecular formula is C28H36F2N8O3S. The van der Waals surface area contributed by atoms with E-state index in [-0.39, 0.29) is 31.7 Å². The molecule has 42 heavy (non-hydrogen) atoms. The molecule has 3 aromatic rings. The quantitative estimate of drug-likeness (QED) is 0.397. The molecule has 1 aliphatic carbocycles. The lowest BCUT2D eigenvalue weighted by atomic mass is 9.93. The second kappa shape index (κ2) is 10.7. The number of benzene rings is 1. The lowest BCUT2D eigenvalue weighted by Crippen LogP contribution is -2.40. The third-order valence-corrected chi connectivity index (χ3v) is 9.98. The number of anilines is 3. The Morgan fingerprint density at radius 3 is 2.29 bits per heavy atom. The summed E-state index contributed by atoms with van der Waals surface area (Å²) in [6.07, 6.45) is 4.23. The van der Waals surface area contributed by atoms with Crippen LogP contribution in [0.1, 0.15) is 49.9 Å². The zero-order chi connectivity index (χ0) is 29.7. The Bertz CT molecular complexity index is 1570. The van der Waals surface area contributed by atoms with Crippen molar-refractivity contribution in [1.29, 1.82) is 0 Å². The number of hydrogen-bond acceptors (Lipinski definition) is 9. The molecule has 3 fully saturated rings. The van der Waals surface area contributed by atoms with Crippen LogP contribution in [0.15, 0.2) is 24.3 Å². The van der Waals surface area contributed by atoms with E-state index in [9.17, 15) is 17.2 Å². The van der Waals surface area contributed by atoms with E-state index in [1.54, 1.807) is 15.6 Å². The summed E-state index contributed by atoms with van der Waals surface area (Å²) < 4.78 is 56.6. The fraction of sp³-hybridized carbons (Fsp3) is 0.571. The van der Waals surface area contributed by atoms with E-state index in [0.29, 0.717) is 34.1 Å². The minimum atomic E-state index is -3.70. The van der Waals surface area contributed by atoms with Gasteiger partial charge in [0.25, 0.3) is 5.92 Å². The summed E-state index contributed by atoms with van der Waals surface area (Å²) in [5.74, 6) is -2.65. The van der Waals surface area contributed by atoms with Gasteiger partial charge in [0, 0.05) is 44.7 Å². The second-order valence-corrected chi connectivity index (χ2v) is 13.6. The molecule has 226 valence electrons. The Morgan fingerprint density at radius 2 is 1.62 bits per heavy atom. The summed E-state index contributed by atoms with van der Waals surface area (Å²) in [6, 6.07) is 7.13. The van der Waals surface area contributed by atoms with E-state index in [1.807, 2.05) is 32.0 Å². The summed E-state index contributed by atoms with van der Waals surface area (Å²) in [5.41, 5.74) is 5.00. The molecule has 1 saturated carbocycles. The van der Waals surface area contributed by atoms with Crippen LogP contribution in [-0.2, 0) is 10.0 Å². The van der Waals surface area contributed by atoms with E-state index < -0.39 is 22.6 Å². The van der Waals surface area contributed by atoms with Gasteiger partial charge >= 0.3 is 0 Å². The van der Waals surface area contributed by atoms with Crippen molar-refractivity contribution in [1.82, 2.24) is 25.0 Å². The van der Waals surface area contributed by atoms with Gasteiger partial charge in [0.15, 0.2) is 0 Å². The van der Waals surface area contributed by atoms with E-state index in [1.165, 1.54) is 12.8 Å². The van der Waals surface area contributed by atoms with Crippen LogP contribution in [0.3, 0.4) is 0 Å². The van der Waals surface area contributed by atoms with Crippen molar-refractivity contribution in [2.45, 2.75) is 58.3 Å². The number of aliphatic hydroxyl groups excluding tert-OH is 1. The summed E-state index contributed by atoms with van der Waals surface area (Å²) in [7, 11) is -3.70. The summed E-state index contributed by atoms with van der Waals surface area (Å²) in [5, 5.41) is 18.1. The number of aliphatic hydroxyl groups is 1. The highest BCUT2D eigenvalue weighted by molar-refractivity contribution is 7.92. The molecule has 0 amide bonds. The maximum atomic E-state index is 13.7. The highest BCUT2D eigenvalue weighted by Crippen LogP contribution is 2.54. The highest BCUT2D eigenvalue weighted by Gasteiger charge is 2.44. The van der Waals surface area contributed by atoms with Crippen molar-refractivity contribution in [3.05, 3.63) is 35.7 Å². The average molecular weight is 603 g/mol. The van der Waals surface area contributed by atoms with Gasteiger partial charge in [0.1, 0.15) is 5.69 Å². The molecule has 0 atom stereocenters. The number of sulfonamides is 1. The lowest BCUT2D eigenvalue weighted by molar-refractivity contribution is -0.0222. The minimum absolute atomic E-state index is 0.177. The third kappa shape index (κ3) is 5.91. The third-order valence-electron chi connectivity index (χ3n) is 8.72. The Kier molecular flexibility index (Phi) is 7.32. The van der Waals surface area contributed by atoms with E-state index >= 15 is 0 Å². The van der Waals surface area contributed by atoms with Crippen molar-refractivity contribution in [2.24, 2.45) is 5.41 Å². The first-order valence-corrected chi connectivity index (χ1v) is 16.0. The predicted molar refractivity (Wildman–Crippen MR) is 156 cm³/mol. The molecule has 11 nitrogen and oxygen atoms in total. The van der Waals surface area contributed by atoms with Crippen LogP contribution in [0.2, 0.25) is 0 Å². The first-order chi connectivity index (χ1) is 20.0. The fourth-order valence-corrected chi connectivity index (χ4v) is 6.74. The zero-order valence-electron chi connectivity index (χ0n) is 23.9. The largest absolute Gasteiger partial charge is 0.395 e. The van der Waals surface area contributed by atoms with Crippen molar-refractivity contribution < 1.29 is 22.3 Å². The number of rotatable bonds is 8. The van der Waals surface area contributed by atoms with Crippen LogP contribution in [0.25, 0.3) is 17.1 Å². The van der Waals surface area contributed by atoms with Gasteiger partial charge in [0.05, 0.1) is 40.8 Å². The van der Waals surface area contributed by atoms with E-state index in [2.05, 4.69) is 24.9 Å². The van der Waals surface area contributed by atoms with Crippen LogP contribution in [0.5, 0.6) is 0 Å². The van der Waals surface area contributed by atoms with Crippen molar-refractivity contribution in [3.8, 4) is 17.1 Å².